The van der Waals surface area contributed by atoms with E-state index in [0.717, 1.165) is 6.07 Å². The molecule has 0 fully saturated rings. The van der Waals surface area contributed by atoms with Crippen molar-refractivity contribution in [1.29, 1.82) is 0 Å². The van der Waals surface area contributed by atoms with Gasteiger partial charge in [0, 0.05) is 5.69 Å². The standard InChI is InChI=1S/C12H16FNO4S/c1-8-5-6-9(7-10(8)19(13,16)17)14-11(15)18-12(2,3)4/h5-7H,1-4H3,(H,14,15). The van der Waals surface area contributed by atoms with E-state index >= 15 is 0 Å². The Morgan fingerprint density at radius 1 is 1.32 bits per heavy atom. The van der Waals surface area contributed by atoms with Gasteiger partial charge in [-0.1, -0.05) is 6.07 Å². The van der Waals surface area contributed by atoms with Crippen molar-refractivity contribution in [2.24, 2.45) is 0 Å². The van der Waals surface area contributed by atoms with E-state index < -0.39 is 26.8 Å². The number of rotatable bonds is 2. The highest BCUT2D eigenvalue weighted by molar-refractivity contribution is 7.86. The molecule has 1 N–H and O–H groups in total. The number of carbonyl (C=O) groups is 1. The van der Waals surface area contributed by atoms with E-state index in [4.69, 9.17) is 4.74 Å². The van der Waals surface area contributed by atoms with Crippen LogP contribution in [0.3, 0.4) is 0 Å². The van der Waals surface area contributed by atoms with Gasteiger partial charge >= 0.3 is 16.3 Å². The number of carbonyl (C=O) groups excluding carboxylic acids is 1. The molecule has 0 aliphatic carbocycles. The summed E-state index contributed by atoms with van der Waals surface area (Å²) in [6, 6.07) is 3.92. The average molecular weight is 289 g/mol. The van der Waals surface area contributed by atoms with E-state index in [1.165, 1.54) is 19.1 Å². The van der Waals surface area contributed by atoms with Crippen LogP contribution in [-0.4, -0.2) is 20.1 Å². The monoisotopic (exact) mass is 289 g/mol. The van der Waals surface area contributed by atoms with Crippen LogP contribution in [0.2, 0.25) is 0 Å². The molecule has 7 heteroatoms. The van der Waals surface area contributed by atoms with Crippen molar-refractivity contribution in [3.8, 4) is 0 Å². The number of halogens is 1. The topological polar surface area (TPSA) is 72.5 Å². The first-order valence-corrected chi connectivity index (χ1v) is 6.93. The number of amides is 1. The lowest BCUT2D eigenvalue weighted by atomic mass is 10.2. The fourth-order valence-corrected chi connectivity index (χ4v) is 2.08. The summed E-state index contributed by atoms with van der Waals surface area (Å²) in [5.41, 5.74) is -0.266. The molecule has 0 radical (unpaired) electrons. The van der Waals surface area contributed by atoms with Crippen molar-refractivity contribution < 1.29 is 21.8 Å². The molecule has 0 spiro atoms. The second-order valence-electron chi connectivity index (χ2n) is 5.05. The minimum absolute atomic E-state index is 0.149. The molecule has 0 atom stereocenters. The number of ether oxygens (including phenoxy) is 1. The lowest BCUT2D eigenvalue weighted by Gasteiger charge is -2.19. The largest absolute Gasteiger partial charge is 0.444 e. The third-order valence-corrected chi connectivity index (χ3v) is 3.06. The molecule has 1 aromatic rings. The highest BCUT2D eigenvalue weighted by Gasteiger charge is 2.19. The van der Waals surface area contributed by atoms with Gasteiger partial charge in [-0.25, -0.2) is 4.79 Å². The molecule has 1 aromatic carbocycles. The van der Waals surface area contributed by atoms with E-state index in [1.54, 1.807) is 20.8 Å². The molecule has 0 bridgehead atoms. The smallest absolute Gasteiger partial charge is 0.412 e. The van der Waals surface area contributed by atoms with Gasteiger partial charge in [0.2, 0.25) is 0 Å². The van der Waals surface area contributed by atoms with Crippen LogP contribution in [0.4, 0.5) is 14.4 Å². The first-order valence-electron chi connectivity index (χ1n) is 5.54. The van der Waals surface area contributed by atoms with Gasteiger partial charge in [0.05, 0.1) is 0 Å². The summed E-state index contributed by atoms with van der Waals surface area (Å²) in [7, 11) is -4.82. The van der Waals surface area contributed by atoms with E-state index in [-0.39, 0.29) is 11.3 Å². The third kappa shape index (κ3) is 4.86. The van der Waals surface area contributed by atoms with Crippen LogP contribution < -0.4 is 5.32 Å². The predicted molar refractivity (Wildman–Crippen MR) is 69.3 cm³/mol. The van der Waals surface area contributed by atoms with Crippen LogP contribution in [-0.2, 0) is 15.0 Å². The molecule has 0 aliphatic heterocycles. The molecular weight excluding hydrogens is 273 g/mol. The molecule has 0 aliphatic rings. The highest BCUT2D eigenvalue weighted by atomic mass is 32.3. The predicted octanol–water partition coefficient (Wildman–Crippen LogP) is 3.00. The molecule has 0 saturated carbocycles. The van der Waals surface area contributed by atoms with Gasteiger partial charge in [-0.05, 0) is 45.4 Å². The molecule has 1 amide bonds. The first-order chi connectivity index (χ1) is 8.49. The second-order valence-corrected chi connectivity index (χ2v) is 6.36. The minimum atomic E-state index is -4.82. The lowest BCUT2D eigenvalue weighted by Crippen LogP contribution is -2.27. The highest BCUT2D eigenvalue weighted by Crippen LogP contribution is 2.22. The number of anilines is 1. The lowest BCUT2D eigenvalue weighted by molar-refractivity contribution is 0.0636. The van der Waals surface area contributed by atoms with Gasteiger partial charge in [-0.2, -0.15) is 8.42 Å². The maximum absolute atomic E-state index is 13.0. The summed E-state index contributed by atoms with van der Waals surface area (Å²) >= 11 is 0. The van der Waals surface area contributed by atoms with Gasteiger partial charge in [-0.3, -0.25) is 5.32 Å². The van der Waals surface area contributed by atoms with Gasteiger partial charge in [-0.15, -0.1) is 3.89 Å². The summed E-state index contributed by atoms with van der Waals surface area (Å²) in [6.45, 7) is 6.54. The van der Waals surface area contributed by atoms with Crippen LogP contribution in [0, 0.1) is 6.92 Å². The Morgan fingerprint density at radius 3 is 2.37 bits per heavy atom. The third-order valence-electron chi connectivity index (χ3n) is 2.10. The molecule has 1 rings (SSSR count). The fourth-order valence-electron chi connectivity index (χ4n) is 1.36. The van der Waals surface area contributed by atoms with Gasteiger partial charge in [0.25, 0.3) is 0 Å². The van der Waals surface area contributed by atoms with Crippen LogP contribution >= 0.6 is 0 Å². The number of nitrogens with one attached hydrogen (secondary N) is 1. The van der Waals surface area contributed by atoms with E-state index in [1.807, 2.05) is 0 Å². The van der Waals surface area contributed by atoms with Gasteiger partial charge in [0.15, 0.2) is 0 Å². The first kappa shape index (κ1) is 15.4. The second kappa shape index (κ2) is 5.16. The Kier molecular flexibility index (Phi) is 4.19. The van der Waals surface area contributed by atoms with Crippen LogP contribution in [0.5, 0.6) is 0 Å². The summed E-state index contributed by atoms with van der Waals surface area (Å²) in [6.07, 6.45) is -0.737. The van der Waals surface area contributed by atoms with Crippen LogP contribution in [0.25, 0.3) is 0 Å². The zero-order chi connectivity index (χ0) is 14.8. The van der Waals surface area contributed by atoms with E-state index in [0.29, 0.717) is 0 Å². The SMILES string of the molecule is Cc1ccc(NC(=O)OC(C)(C)C)cc1S(=O)(=O)F. The summed E-state index contributed by atoms with van der Waals surface area (Å²) in [5, 5.41) is 2.35. The maximum atomic E-state index is 13.0. The van der Waals surface area contributed by atoms with E-state index in [2.05, 4.69) is 5.32 Å². The Bertz CT molecular complexity index is 590. The van der Waals surface area contributed by atoms with Crippen LogP contribution in [0.1, 0.15) is 26.3 Å². The van der Waals surface area contributed by atoms with Crippen molar-refractivity contribution in [2.75, 3.05) is 5.32 Å². The molecule has 0 aromatic heterocycles. The number of hydrogen-bond donors (Lipinski definition) is 1. The molecule has 0 unspecified atom stereocenters. The Morgan fingerprint density at radius 2 is 1.89 bits per heavy atom. The number of benzene rings is 1. The normalized spacial score (nSPS) is 12.1. The van der Waals surface area contributed by atoms with Crippen molar-refractivity contribution >= 4 is 22.0 Å². The summed E-state index contributed by atoms with van der Waals surface area (Å²) < 4.78 is 39.8. The Hall–Kier alpha value is -1.63. The van der Waals surface area contributed by atoms with E-state index in [9.17, 15) is 17.1 Å². The average Bonchev–Trinajstić information content (AvgIpc) is 2.16. The molecule has 0 heterocycles. The Balaban J connectivity index is 2.96. The minimum Gasteiger partial charge on any atom is -0.444 e. The molecular formula is C12H16FNO4S. The van der Waals surface area contributed by atoms with Crippen molar-refractivity contribution in [3.63, 3.8) is 0 Å². The van der Waals surface area contributed by atoms with Gasteiger partial charge in [0.1, 0.15) is 10.5 Å². The van der Waals surface area contributed by atoms with Crippen LogP contribution in [0.15, 0.2) is 23.1 Å². The van der Waals surface area contributed by atoms with Gasteiger partial charge < -0.3 is 4.74 Å². The Labute approximate surface area is 112 Å². The molecule has 0 saturated heterocycles. The summed E-state index contributed by atoms with van der Waals surface area (Å²) in [5.74, 6) is 0. The quantitative estimate of drug-likeness (QED) is 0.849. The van der Waals surface area contributed by atoms with Crippen molar-refractivity contribution in [1.82, 2.24) is 0 Å². The molecule has 106 valence electrons. The number of hydrogen-bond acceptors (Lipinski definition) is 4. The molecule has 5 nitrogen and oxygen atoms in total. The zero-order valence-corrected chi connectivity index (χ0v) is 12.0. The number of aryl methyl sites for hydroxylation is 1. The summed E-state index contributed by atoms with van der Waals surface area (Å²) in [4.78, 5) is 11.0. The van der Waals surface area contributed by atoms with Crippen molar-refractivity contribution in [3.05, 3.63) is 23.8 Å². The zero-order valence-electron chi connectivity index (χ0n) is 11.2. The van der Waals surface area contributed by atoms with Crippen molar-refractivity contribution in [2.45, 2.75) is 38.2 Å². The maximum Gasteiger partial charge on any atom is 0.412 e. The fraction of sp³-hybridized carbons (Fsp3) is 0.417. The molecule has 19 heavy (non-hydrogen) atoms.